The number of imide groups is 1. The van der Waals surface area contributed by atoms with E-state index >= 15 is 0 Å². The first kappa shape index (κ1) is 11.9. The molecule has 0 radical (unpaired) electrons. The van der Waals surface area contributed by atoms with Crippen molar-refractivity contribution in [2.75, 3.05) is 0 Å². The first-order valence-corrected chi connectivity index (χ1v) is 3.24. The van der Waals surface area contributed by atoms with Gasteiger partial charge in [0.2, 0.25) is 0 Å². The van der Waals surface area contributed by atoms with Crippen LogP contribution in [0.15, 0.2) is 24.3 Å². The van der Waals surface area contributed by atoms with E-state index in [0.717, 1.165) is 0 Å². The van der Waals surface area contributed by atoms with Crippen molar-refractivity contribution in [3.05, 3.63) is 42.8 Å². The minimum atomic E-state index is -0.300. The molecule has 1 aliphatic rings. The van der Waals surface area contributed by atoms with Crippen LogP contribution in [0.2, 0.25) is 0 Å². The van der Waals surface area contributed by atoms with Crippen molar-refractivity contribution in [3.63, 3.8) is 0 Å². The Kier molecular flexibility index (Phi) is 3.85. The van der Waals surface area contributed by atoms with Crippen LogP contribution < -0.4 is 5.32 Å². The third-order valence-corrected chi connectivity index (χ3v) is 1.64. The van der Waals surface area contributed by atoms with E-state index in [4.69, 9.17) is 0 Å². The molecule has 3 nitrogen and oxygen atoms in total. The maximum atomic E-state index is 10.9. The molecule has 0 atom stereocenters. The van der Waals surface area contributed by atoms with E-state index in [2.05, 4.69) is 5.32 Å². The molecule has 0 bridgehead atoms. The average molecular weight is 226 g/mol. The number of hydrogen-bond donors (Lipinski definition) is 1. The van der Waals surface area contributed by atoms with Gasteiger partial charge in [0.25, 0.3) is 11.8 Å². The first-order valence-electron chi connectivity index (χ1n) is 3.24. The zero-order chi connectivity index (χ0) is 7.84. The van der Waals surface area contributed by atoms with E-state index < -0.39 is 0 Å². The smallest absolute Gasteiger partial charge is 0.358 e. The summed E-state index contributed by atoms with van der Waals surface area (Å²) < 4.78 is 0. The summed E-state index contributed by atoms with van der Waals surface area (Å²) in [4.78, 5) is 21.9. The number of amides is 2. The number of nitrogens with one attached hydrogen (secondary N) is 1. The number of benzene rings is 1. The number of fused-ring (bicyclic) bond motifs is 1. The van der Waals surface area contributed by atoms with Gasteiger partial charge in [0.15, 0.2) is 0 Å². The molecule has 1 heterocycles. The molecule has 0 fully saturated rings. The fourth-order valence-corrected chi connectivity index (χ4v) is 1.12. The number of carbonyl (C=O) groups excluding carboxylic acids is 2. The Morgan fingerprint density at radius 2 is 1.31 bits per heavy atom. The molecule has 0 aliphatic carbocycles. The molecule has 4 heteroatoms. The summed E-state index contributed by atoms with van der Waals surface area (Å²) in [5.41, 5.74) is 0.940. The van der Waals surface area contributed by atoms with Crippen LogP contribution in [0.5, 0.6) is 0 Å². The van der Waals surface area contributed by atoms with Gasteiger partial charge in [0, 0.05) is 0 Å². The van der Waals surface area contributed by atoms with Crippen molar-refractivity contribution in [1.82, 2.24) is 5.32 Å². The van der Waals surface area contributed by atoms with E-state index in [1.807, 2.05) is 0 Å². The van der Waals surface area contributed by atoms with Gasteiger partial charge >= 0.3 is 17.1 Å². The Morgan fingerprint density at radius 3 is 1.69 bits per heavy atom. The summed E-state index contributed by atoms with van der Waals surface area (Å²) in [6.45, 7) is 0. The summed E-state index contributed by atoms with van der Waals surface area (Å²) in [6, 6.07) is 6.74. The Hall–Kier alpha value is -1.12. The zero-order valence-corrected chi connectivity index (χ0v) is 7.87. The largest absolute Gasteiger partial charge is 1.00 e. The van der Waals surface area contributed by atoms with Gasteiger partial charge in [-0.05, 0) is 12.1 Å². The Morgan fingerprint density at radius 1 is 0.923 bits per heavy atom. The van der Waals surface area contributed by atoms with E-state index in [0.29, 0.717) is 11.1 Å². The third kappa shape index (κ3) is 1.79. The maximum absolute atomic E-state index is 10.9. The first-order chi connectivity index (χ1) is 5.29. The van der Waals surface area contributed by atoms with Crippen LogP contribution in [0.1, 0.15) is 20.7 Å². The van der Waals surface area contributed by atoms with Crippen molar-refractivity contribution in [3.8, 4) is 0 Å². The summed E-state index contributed by atoms with van der Waals surface area (Å²) in [5.74, 6) is -0.601. The van der Waals surface area contributed by atoms with Crippen LogP contribution in [0.25, 0.3) is 0 Å². The van der Waals surface area contributed by atoms with Crippen LogP contribution in [0.4, 0.5) is 0 Å². The molecule has 2 rings (SSSR count). The summed E-state index contributed by atoms with van der Waals surface area (Å²) in [6.07, 6.45) is 0. The van der Waals surface area contributed by atoms with Crippen molar-refractivity contribution >= 4 is 11.8 Å². The van der Waals surface area contributed by atoms with E-state index in [1.54, 1.807) is 24.3 Å². The van der Waals surface area contributed by atoms with E-state index in [9.17, 15) is 9.59 Å². The predicted molar refractivity (Wildman–Crippen MR) is 44.7 cm³/mol. The molecule has 1 aliphatic heterocycles. The van der Waals surface area contributed by atoms with Gasteiger partial charge < -0.3 is 7.43 Å². The van der Waals surface area contributed by atoms with Crippen molar-refractivity contribution in [2.45, 2.75) is 0 Å². The normalized spacial score (nSPS) is 12.3. The topological polar surface area (TPSA) is 46.2 Å². The zero-order valence-electron chi connectivity index (χ0n) is 6.93. The second kappa shape index (κ2) is 4.21. The van der Waals surface area contributed by atoms with Crippen molar-refractivity contribution < 1.29 is 26.7 Å². The Labute approximate surface area is 87.0 Å². The van der Waals surface area contributed by atoms with Gasteiger partial charge in [0.05, 0.1) is 11.1 Å². The van der Waals surface area contributed by atoms with Crippen LogP contribution in [0.3, 0.4) is 0 Å². The molecule has 1 N–H and O–H groups in total. The predicted octanol–water partition coefficient (Wildman–Crippen LogP) is 1.02. The van der Waals surface area contributed by atoms with Gasteiger partial charge in [-0.15, -0.1) is 0 Å². The summed E-state index contributed by atoms with van der Waals surface area (Å²) >= 11 is 0. The van der Waals surface area contributed by atoms with Crippen LogP contribution in [-0.2, 0) is 17.1 Å². The van der Waals surface area contributed by atoms with Gasteiger partial charge in [-0.2, -0.15) is 0 Å². The molecular weight excluding hydrogens is 218 g/mol. The SMILES string of the molecule is O=C1NC(=O)c2ccccc21.[CH3-].[Cu+]. The molecular formula is C9H8CuNO2. The Bertz CT molecular complexity index is 316. The van der Waals surface area contributed by atoms with Crippen LogP contribution in [-0.4, -0.2) is 11.8 Å². The average Bonchev–Trinajstić information content (AvgIpc) is 2.30. The van der Waals surface area contributed by atoms with Gasteiger partial charge in [-0.3, -0.25) is 14.9 Å². The van der Waals surface area contributed by atoms with E-state index in [-0.39, 0.29) is 36.3 Å². The van der Waals surface area contributed by atoms with Gasteiger partial charge in [-0.1, -0.05) is 12.1 Å². The second-order valence-corrected chi connectivity index (χ2v) is 2.33. The molecule has 0 saturated heterocycles. The van der Waals surface area contributed by atoms with Gasteiger partial charge in [-0.25, -0.2) is 0 Å². The van der Waals surface area contributed by atoms with Crippen molar-refractivity contribution in [2.24, 2.45) is 0 Å². The molecule has 72 valence electrons. The monoisotopic (exact) mass is 225 g/mol. The third-order valence-electron chi connectivity index (χ3n) is 1.64. The quantitative estimate of drug-likeness (QED) is 0.407. The molecule has 0 unspecified atom stereocenters. The van der Waals surface area contributed by atoms with Crippen molar-refractivity contribution in [1.29, 1.82) is 0 Å². The molecule has 2 amide bonds. The van der Waals surface area contributed by atoms with Crippen LogP contribution >= 0.6 is 0 Å². The molecule has 13 heavy (non-hydrogen) atoms. The standard InChI is InChI=1S/C8H5NO2.CH3.Cu/c10-7-5-3-1-2-4-6(5)8(11)9-7;;/h1-4H,(H,9,10,11);1H3;/q;-1;+1. The number of rotatable bonds is 0. The number of hydrogen-bond acceptors (Lipinski definition) is 2. The maximum Gasteiger partial charge on any atom is 1.00 e. The fraction of sp³-hybridized carbons (Fsp3) is 0. The minimum Gasteiger partial charge on any atom is -0.358 e. The second-order valence-electron chi connectivity index (χ2n) is 2.33. The minimum absolute atomic E-state index is 0. The van der Waals surface area contributed by atoms with E-state index in [1.165, 1.54) is 0 Å². The molecule has 1 aromatic carbocycles. The molecule has 0 saturated carbocycles. The summed E-state index contributed by atoms with van der Waals surface area (Å²) in [5, 5.41) is 2.20. The molecule has 0 aromatic heterocycles. The summed E-state index contributed by atoms with van der Waals surface area (Å²) in [7, 11) is 0. The molecule has 1 aromatic rings. The van der Waals surface area contributed by atoms with Crippen LogP contribution in [0, 0.1) is 7.43 Å². The number of carbonyl (C=O) groups is 2. The fourth-order valence-electron chi connectivity index (χ4n) is 1.12. The molecule has 0 spiro atoms. The van der Waals surface area contributed by atoms with Gasteiger partial charge in [0.1, 0.15) is 0 Å². The Balaban J connectivity index is 0.000000720.